The summed E-state index contributed by atoms with van der Waals surface area (Å²) in [5.41, 5.74) is 11.0. The van der Waals surface area contributed by atoms with E-state index < -0.39 is 5.85 Å². The Labute approximate surface area is 158 Å². The van der Waals surface area contributed by atoms with Crippen LogP contribution < -0.4 is 21.3 Å². The van der Waals surface area contributed by atoms with E-state index in [4.69, 9.17) is 15.6 Å². The van der Waals surface area contributed by atoms with E-state index in [2.05, 4.69) is 15.6 Å². The van der Waals surface area contributed by atoms with Gasteiger partial charge in [-0.2, -0.15) is 5.10 Å². The minimum atomic E-state index is -0.933. The molecule has 0 aliphatic carbocycles. The fourth-order valence-electron chi connectivity index (χ4n) is 3.71. The van der Waals surface area contributed by atoms with Crippen LogP contribution in [0.25, 0.3) is 5.69 Å². The summed E-state index contributed by atoms with van der Waals surface area (Å²) in [6.45, 7) is 2.87. The number of nitrogens with one attached hydrogen (secondary N) is 2. The molecule has 0 spiro atoms. The van der Waals surface area contributed by atoms with Crippen LogP contribution in [0.4, 0.5) is 11.4 Å². The predicted octanol–water partition coefficient (Wildman–Crippen LogP) is 1.79. The number of allylic oxidation sites excluding steroid dienone is 1. The van der Waals surface area contributed by atoms with Gasteiger partial charge in [0.05, 0.1) is 29.0 Å². The van der Waals surface area contributed by atoms with Crippen LogP contribution in [-0.4, -0.2) is 42.3 Å². The van der Waals surface area contributed by atoms with Crippen LogP contribution >= 0.6 is 0 Å². The summed E-state index contributed by atoms with van der Waals surface area (Å²) in [4.78, 5) is 6.30. The Bertz CT molecular complexity index is 887. The van der Waals surface area contributed by atoms with Crippen molar-refractivity contribution < 1.29 is 4.74 Å². The lowest BCUT2D eigenvalue weighted by atomic mass is 10.1. The molecule has 27 heavy (non-hydrogen) atoms. The molecule has 0 bridgehead atoms. The van der Waals surface area contributed by atoms with E-state index in [1.807, 2.05) is 60.1 Å². The fourth-order valence-corrected chi connectivity index (χ4v) is 3.71. The second-order valence-corrected chi connectivity index (χ2v) is 6.69. The van der Waals surface area contributed by atoms with Gasteiger partial charge in [-0.3, -0.25) is 10.2 Å². The smallest absolute Gasteiger partial charge is 0.226 e. The highest BCUT2D eigenvalue weighted by molar-refractivity contribution is 5.99. The van der Waals surface area contributed by atoms with Gasteiger partial charge in [0.15, 0.2) is 0 Å². The number of para-hydroxylation sites is 2. The van der Waals surface area contributed by atoms with E-state index in [1.165, 1.54) is 0 Å². The fraction of sp³-hybridized carbons (Fsp3) is 0.368. The zero-order valence-electron chi connectivity index (χ0n) is 15.9. The molecule has 2 aliphatic heterocycles. The van der Waals surface area contributed by atoms with Crippen molar-refractivity contribution in [2.75, 3.05) is 30.9 Å². The minimum Gasteiger partial charge on any atom is -0.382 e. The first-order chi connectivity index (χ1) is 13.1. The number of likely N-dealkylation sites (N-methyl/N-ethyl adjacent to an activating group) is 1. The number of nitrogens with zero attached hydrogens (tertiary/aromatic N) is 4. The van der Waals surface area contributed by atoms with Crippen LogP contribution in [0, 0.1) is 0 Å². The quantitative estimate of drug-likeness (QED) is 0.714. The number of aliphatic imine (C=N–C) groups is 1. The van der Waals surface area contributed by atoms with Crippen molar-refractivity contribution in [1.82, 2.24) is 15.1 Å². The molecule has 2 aliphatic rings. The molecule has 4 rings (SSSR count). The van der Waals surface area contributed by atoms with Crippen molar-refractivity contribution in [3.63, 3.8) is 0 Å². The number of anilines is 2. The van der Waals surface area contributed by atoms with Gasteiger partial charge in [0, 0.05) is 25.4 Å². The number of benzene rings is 1. The lowest BCUT2D eigenvalue weighted by molar-refractivity contribution is 0.0153. The molecule has 1 aromatic heterocycles. The molecule has 1 aromatic carbocycles. The molecule has 0 saturated carbocycles. The Morgan fingerprint density at radius 3 is 2.78 bits per heavy atom. The molecule has 4 N–H and O–H groups in total. The first-order valence-corrected chi connectivity index (χ1v) is 9.07. The SMILES string of the molecule is CNC1(OC)C=C(C)N=C(N)N1c1ccccc1-n1cc2c(n1)CCCN2. The highest BCUT2D eigenvalue weighted by atomic mass is 16.5. The maximum Gasteiger partial charge on any atom is 0.226 e. The minimum absolute atomic E-state index is 0.355. The Hall–Kier alpha value is -2.84. The molecule has 1 unspecified atom stereocenters. The van der Waals surface area contributed by atoms with Gasteiger partial charge >= 0.3 is 0 Å². The number of nitrogens with two attached hydrogens (primary N) is 1. The van der Waals surface area contributed by atoms with Gasteiger partial charge in [0.2, 0.25) is 11.8 Å². The van der Waals surface area contributed by atoms with Crippen molar-refractivity contribution in [2.24, 2.45) is 10.7 Å². The topological polar surface area (TPSA) is 92.7 Å². The van der Waals surface area contributed by atoms with Gasteiger partial charge in [0.25, 0.3) is 0 Å². The maximum atomic E-state index is 6.35. The molecule has 0 amide bonds. The second kappa shape index (κ2) is 6.71. The van der Waals surface area contributed by atoms with Gasteiger partial charge in [-0.1, -0.05) is 12.1 Å². The van der Waals surface area contributed by atoms with Crippen LogP contribution in [0.3, 0.4) is 0 Å². The first kappa shape index (κ1) is 17.6. The van der Waals surface area contributed by atoms with Crippen molar-refractivity contribution in [1.29, 1.82) is 0 Å². The van der Waals surface area contributed by atoms with E-state index in [-0.39, 0.29) is 0 Å². The van der Waals surface area contributed by atoms with Gasteiger partial charge in [-0.05, 0) is 38.9 Å². The number of hydrogen-bond donors (Lipinski definition) is 3. The highest BCUT2D eigenvalue weighted by Gasteiger charge is 2.40. The molecule has 0 saturated heterocycles. The summed E-state index contributed by atoms with van der Waals surface area (Å²) in [6.07, 6.45) is 6.01. The van der Waals surface area contributed by atoms with Crippen LogP contribution in [0.2, 0.25) is 0 Å². The summed E-state index contributed by atoms with van der Waals surface area (Å²) in [5, 5.41) is 11.4. The van der Waals surface area contributed by atoms with Gasteiger partial charge in [-0.25, -0.2) is 9.67 Å². The third-order valence-electron chi connectivity index (χ3n) is 4.99. The number of rotatable bonds is 4. The summed E-state index contributed by atoms with van der Waals surface area (Å²) in [6, 6.07) is 7.96. The molecule has 8 nitrogen and oxygen atoms in total. The van der Waals surface area contributed by atoms with Crippen LogP contribution in [0.1, 0.15) is 19.0 Å². The van der Waals surface area contributed by atoms with Crippen LogP contribution in [0.5, 0.6) is 0 Å². The molecule has 1 atom stereocenters. The number of methoxy groups -OCH3 is 1. The van der Waals surface area contributed by atoms with Crippen molar-refractivity contribution in [2.45, 2.75) is 25.6 Å². The number of fused-ring (bicyclic) bond motifs is 1. The molecule has 2 aromatic rings. The molecule has 3 heterocycles. The lowest BCUT2D eigenvalue weighted by Gasteiger charge is -2.43. The van der Waals surface area contributed by atoms with E-state index >= 15 is 0 Å². The standard InChI is InChI=1S/C19H25N7O/c1-13-11-19(21-2,27-3)26(18(20)23-13)17-9-5-4-8-16(17)25-12-15-14(24-25)7-6-10-22-15/h4-5,8-9,11-12,21-22H,6-7,10H2,1-3H3,(H2,20,23). The molecule has 0 fully saturated rings. The lowest BCUT2D eigenvalue weighted by Crippen LogP contribution is -2.64. The summed E-state index contributed by atoms with van der Waals surface area (Å²) < 4.78 is 7.74. The largest absolute Gasteiger partial charge is 0.382 e. The average molecular weight is 367 g/mol. The number of aromatic nitrogens is 2. The monoisotopic (exact) mass is 367 g/mol. The Balaban J connectivity index is 1.85. The third-order valence-corrected chi connectivity index (χ3v) is 4.99. The zero-order valence-corrected chi connectivity index (χ0v) is 15.9. The molecular weight excluding hydrogens is 342 g/mol. The summed E-state index contributed by atoms with van der Waals surface area (Å²) in [7, 11) is 3.48. The maximum absolute atomic E-state index is 6.35. The number of guanidine groups is 1. The van der Waals surface area contributed by atoms with Crippen LogP contribution in [0.15, 0.2) is 47.2 Å². The second-order valence-electron chi connectivity index (χ2n) is 6.69. The number of ether oxygens (including phenoxy) is 1. The van der Waals surface area contributed by atoms with E-state index in [0.29, 0.717) is 5.96 Å². The number of aryl methyl sites for hydroxylation is 1. The van der Waals surface area contributed by atoms with Crippen LogP contribution in [-0.2, 0) is 11.2 Å². The molecule has 142 valence electrons. The normalized spacial score (nSPS) is 22.0. The Kier molecular flexibility index (Phi) is 4.37. The van der Waals surface area contributed by atoms with E-state index in [9.17, 15) is 0 Å². The van der Waals surface area contributed by atoms with E-state index in [0.717, 1.165) is 47.8 Å². The third kappa shape index (κ3) is 2.87. The van der Waals surface area contributed by atoms with Crippen molar-refractivity contribution in [3.05, 3.63) is 47.9 Å². The highest BCUT2D eigenvalue weighted by Crippen LogP contribution is 2.34. The van der Waals surface area contributed by atoms with Gasteiger partial charge in [-0.15, -0.1) is 0 Å². The average Bonchev–Trinajstić information content (AvgIpc) is 3.11. The Morgan fingerprint density at radius 1 is 1.30 bits per heavy atom. The zero-order chi connectivity index (χ0) is 19.0. The first-order valence-electron chi connectivity index (χ1n) is 9.07. The predicted molar refractivity (Wildman–Crippen MR) is 107 cm³/mol. The van der Waals surface area contributed by atoms with Crippen molar-refractivity contribution in [3.8, 4) is 5.69 Å². The van der Waals surface area contributed by atoms with Crippen molar-refractivity contribution >= 4 is 17.3 Å². The Morgan fingerprint density at radius 2 is 2.07 bits per heavy atom. The van der Waals surface area contributed by atoms with E-state index in [1.54, 1.807) is 7.11 Å². The summed E-state index contributed by atoms with van der Waals surface area (Å²) in [5.74, 6) is -0.578. The summed E-state index contributed by atoms with van der Waals surface area (Å²) >= 11 is 0. The molecule has 0 radical (unpaired) electrons. The van der Waals surface area contributed by atoms with Gasteiger partial charge < -0.3 is 15.8 Å². The number of hydrogen-bond acceptors (Lipinski definition) is 7. The molecule has 8 heteroatoms. The molecular formula is C19H25N7O. The van der Waals surface area contributed by atoms with Gasteiger partial charge in [0.1, 0.15) is 0 Å².